The van der Waals surface area contributed by atoms with Crippen molar-refractivity contribution in [3.63, 3.8) is 0 Å². The number of hydrogen-bond acceptors (Lipinski definition) is 5. The standard InChI is InChI=1S/C16H22N2O4S2/c19-15(11-13-3-1-2-4-13)17-12-14-5-6-16(23-14)24(20,21)18-7-9-22-10-8-18/h1,3,5-6,13H,2,4,7-12H2,(H,17,19)/t13-/m1/s1. The summed E-state index contributed by atoms with van der Waals surface area (Å²) in [5, 5.41) is 2.88. The number of morpholine rings is 1. The fourth-order valence-corrected chi connectivity index (χ4v) is 5.73. The number of carbonyl (C=O) groups is 1. The first-order valence-electron chi connectivity index (χ1n) is 8.15. The summed E-state index contributed by atoms with van der Waals surface area (Å²) in [6.45, 7) is 2.02. The van der Waals surface area contributed by atoms with Gasteiger partial charge in [0.1, 0.15) is 4.21 Å². The molecule has 1 N–H and O–H groups in total. The van der Waals surface area contributed by atoms with E-state index in [9.17, 15) is 13.2 Å². The Morgan fingerprint density at radius 2 is 2.12 bits per heavy atom. The van der Waals surface area contributed by atoms with Gasteiger partial charge in [0.05, 0.1) is 19.8 Å². The lowest BCUT2D eigenvalue weighted by atomic mass is 10.1. The zero-order valence-electron chi connectivity index (χ0n) is 13.4. The van der Waals surface area contributed by atoms with Gasteiger partial charge in [0.15, 0.2) is 0 Å². The molecule has 0 radical (unpaired) electrons. The first-order chi connectivity index (χ1) is 11.6. The molecule has 0 unspecified atom stereocenters. The predicted molar refractivity (Wildman–Crippen MR) is 92.2 cm³/mol. The summed E-state index contributed by atoms with van der Waals surface area (Å²) in [5.41, 5.74) is 0. The van der Waals surface area contributed by atoms with Gasteiger partial charge in [-0.1, -0.05) is 12.2 Å². The van der Waals surface area contributed by atoms with Crippen LogP contribution < -0.4 is 5.32 Å². The molecule has 0 aromatic carbocycles. The number of carbonyl (C=O) groups excluding carboxylic acids is 1. The van der Waals surface area contributed by atoms with Crippen molar-refractivity contribution in [2.75, 3.05) is 26.3 Å². The van der Waals surface area contributed by atoms with Crippen molar-refractivity contribution in [1.82, 2.24) is 9.62 Å². The van der Waals surface area contributed by atoms with E-state index in [2.05, 4.69) is 17.5 Å². The fourth-order valence-electron chi connectivity index (χ4n) is 2.87. The summed E-state index contributed by atoms with van der Waals surface area (Å²) >= 11 is 1.22. The summed E-state index contributed by atoms with van der Waals surface area (Å²) in [5.74, 6) is 0.350. The highest BCUT2D eigenvalue weighted by Crippen LogP contribution is 2.26. The van der Waals surface area contributed by atoms with Gasteiger partial charge in [0.2, 0.25) is 5.91 Å². The molecular weight excluding hydrogens is 348 g/mol. The molecule has 1 amide bonds. The molecule has 2 aliphatic rings. The number of allylic oxidation sites excluding steroid dienone is 2. The van der Waals surface area contributed by atoms with Gasteiger partial charge in [0.25, 0.3) is 10.0 Å². The van der Waals surface area contributed by atoms with Gasteiger partial charge >= 0.3 is 0 Å². The number of hydrogen-bond donors (Lipinski definition) is 1. The van der Waals surface area contributed by atoms with Crippen molar-refractivity contribution in [3.8, 4) is 0 Å². The molecular formula is C16H22N2O4S2. The third kappa shape index (κ3) is 4.24. The van der Waals surface area contributed by atoms with Gasteiger partial charge in [-0.25, -0.2) is 8.42 Å². The highest BCUT2D eigenvalue weighted by Gasteiger charge is 2.27. The lowest BCUT2D eigenvalue weighted by Crippen LogP contribution is -2.40. The van der Waals surface area contributed by atoms with E-state index in [1.54, 1.807) is 12.1 Å². The summed E-state index contributed by atoms with van der Waals surface area (Å²) in [4.78, 5) is 12.8. The number of sulfonamides is 1. The Kier molecular flexibility index (Phi) is 5.70. The van der Waals surface area contributed by atoms with Gasteiger partial charge in [-0.05, 0) is 30.9 Å². The van der Waals surface area contributed by atoms with E-state index in [0.29, 0.717) is 49.4 Å². The maximum Gasteiger partial charge on any atom is 0.252 e. The lowest BCUT2D eigenvalue weighted by molar-refractivity contribution is -0.121. The highest BCUT2D eigenvalue weighted by molar-refractivity contribution is 7.91. The van der Waals surface area contributed by atoms with Crippen molar-refractivity contribution < 1.29 is 17.9 Å². The Hall–Kier alpha value is -1.22. The first-order valence-corrected chi connectivity index (χ1v) is 10.4. The Morgan fingerprint density at radius 3 is 2.83 bits per heavy atom. The minimum absolute atomic E-state index is 0.0116. The molecule has 24 heavy (non-hydrogen) atoms. The van der Waals surface area contributed by atoms with Gasteiger partial charge in [-0.15, -0.1) is 11.3 Å². The molecule has 6 nitrogen and oxygen atoms in total. The minimum Gasteiger partial charge on any atom is -0.379 e. The van der Waals surface area contributed by atoms with Gasteiger partial charge in [0, 0.05) is 24.4 Å². The van der Waals surface area contributed by atoms with Crippen molar-refractivity contribution in [2.45, 2.75) is 30.0 Å². The maximum absolute atomic E-state index is 12.6. The molecule has 0 saturated carbocycles. The second-order valence-electron chi connectivity index (χ2n) is 5.98. The van der Waals surface area contributed by atoms with Crippen LogP contribution in [0.15, 0.2) is 28.5 Å². The van der Waals surface area contributed by atoms with E-state index in [-0.39, 0.29) is 5.91 Å². The van der Waals surface area contributed by atoms with Crippen LogP contribution in [0, 0.1) is 5.92 Å². The quantitative estimate of drug-likeness (QED) is 0.774. The van der Waals surface area contributed by atoms with Crippen LogP contribution >= 0.6 is 11.3 Å². The number of amides is 1. The van der Waals surface area contributed by atoms with Gasteiger partial charge in [-0.3, -0.25) is 4.79 Å². The highest BCUT2D eigenvalue weighted by atomic mass is 32.2. The topological polar surface area (TPSA) is 75.7 Å². The van der Waals surface area contributed by atoms with E-state index in [0.717, 1.165) is 17.7 Å². The van der Waals surface area contributed by atoms with Crippen molar-refractivity contribution >= 4 is 27.3 Å². The zero-order valence-corrected chi connectivity index (χ0v) is 15.1. The molecule has 1 aliphatic heterocycles. The predicted octanol–water partition coefficient (Wildman–Crippen LogP) is 1.74. The molecule has 8 heteroatoms. The molecule has 1 fully saturated rings. The van der Waals surface area contributed by atoms with Crippen LogP contribution in [-0.4, -0.2) is 44.9 Å². The Bertz CT molecular complexity index is 705. The Morgan fingerprint density at radius 1 is 1.33 bits per heavy atom. The third-order valence-corrected chi connectivity index (χ3v) is 7.67. The molecule has 1 saturated heterocycles. The smallest absolute Gasteiger partial charge is 0.252 e. The second-order valence-corrected chi connectivity index (χ2v) is 9.32. The molecule has 2 heterocycles. The molecule has 1 aliphatic carbocycles. The zero-order chi connectivity index (χ0) is 17.0. The SMILES string of the molecule is O=C(C[C@@H]1C=CCC1)NCc1ccc(S(=O)(=O)N2CCOCC2)s1. The molecule has 0 bridgehead atoms. The van der Waals surface area contributed by atoms with Crippen molar-refractivity contribution in [1.29, 1.82) is 0 Å². The molecule has 3 rings (SSSR count). The van der Waals surface area contributed by atoms with E-state index in [1.165, 1.54) is 15.6 Å². The summed E-state index contributed by atoms with van der Waals surface area (Å²) in [7, 11) is -3.45. The molecule has 132 valence electrons. The monoisotopic (exact) mass is 370 g/mol. The molecule has 1 atom stereocenters. The Labute approximate surface area is 146 Å². The third-order valence-electron chi connectivity index (χ3n) is 4.22. The van der Waals surface area contributed by atoms with Crippen LogP contribution in [0.3, 0.4) is 0 Å². The van der Waals surface area contributed by atoms with Crippen LogP contribution in [0.4, 0.5) is 0 Å². The van der Waals surface area contributed by atoms with E-state index >= 15 is 0 Å². The maximum atomic E-state index is 12.6. The minimum atomic E-state index is -3.45. The van der Waals surface area contributed by atoms with E-state index in [1.807, 2.05) is 0 Å². The summed E-state index contributed by atoms with van der Waals surface area (Å²) in [6, 6.07) is 3.39. The van der Waals surface area contributed by atoms with E-state index in [4.69, 9.17) is 4.74 Å². The molecule has 1 aromatic heterocycles. The van der Waals surface area contributed by atoms with Crippen molar-refractivity contribution in [2.24, 2.45) is 5.92 Å². The molecule has 1 aromatic rings. The number of nitrogens with zero attached hydrogens (tertiary/aromatic N) is 1. The number of ether oxygens (including phenoxy) is 1. The van der Waals surface area contributed by atoms with Crippen molar-refractivity contribution in [3.05, 3.63) is 29.2 Å². The van der Waals surface area contributed by atoms with Gasteiger partial charge < -0.3 is 10.1 Å². The summed E-state index contributed by atoms with van der Waals surface area (Å²) in [6.07, 6.45) is 6.79. The largest absolute Gasteiger partial charge is 0.379 e. The van der Waals surface area contributed by atoms with Crippen LogP contribution in [-0.2, 0) is 26.1 Å². The second kappa shape index (κ2) is 7.77. The number of thiophene rings is 1. The fraction of sp³-hybridized carbons (Fsp3) is 0.562. The van der Waals surface area contributed by atoms with E-state index < -0.39 is 10.0 Å². The van der Waals surface area contributed by atoms with Crippen LogP contribution in [0.5, 0.6) is 0 Å². The van der Waals surface area contributed by atoms with Gasteiger partial charge in [-0.2, -0.15) is 4.31 Å². The van der Waals surface area contributed by atoms with Crippen LogP contribution in [0.25, 0.3) is 0 Å². The lowest BCUT2D eigenvalue weighted by Gasteiger charge is -2.25. The number of nitrogens with one attached hydrogen (secondary N) is 1. The van der Waals surface area contributed by atoms with Crippen LogP contribution in [0.2, 0.25) is 0 Å². The average molecular weight is 370 g/mol. The summed E-state index contributed by atoms with van der Waals surface area (Å²) < 4.78 is 32.1. The Balaban J connectivity index is 1.54. The average Bonchev–Trinajstić information content (AvgIpc) is 3.25. The molecule has 0 spiro atoms. The first kappa shape index (κ1) is 17.6. The normalized spacial score (nSPS) is 21.9. The number of rotatable bonds is 6. The van der Waals surface area contributed by atoms with Crippen LogP contribution in [0.1, 0.15) is 24.1 Å².